The van der Waals surface area contributed by atoms with Gasteiger partial charge in [0.25, 0.3) is 0 Å². The first-order chi connectivity index (χ1) is 19.2. The summed E-state index contributed by atoms with van der Waals surface area (Å²) in [6, 6.07) is 0. The zero-order valence-electron chi connectivity index (χ0n) is 23.8. The van der Waals surface area contributed by atoms with Gasteiger partial charge >= 0.3 is 5.97 Å². The predicted molar refractivity (Wildman–Crippen MR) is 143 cm³/mol. The van der Waals surface area contributed by atoms with Crippen molar-refractivity contribution in [1.82, 2.24) is 0 Å². The smallest absolute Gasteiger partial charge is 0.305 e. The number of ether oxygens (including phenoxy) is 4. The van der Waals surface area contributed by atoms with Gasteiger partial charge in [0.15, 0.2) is 6.29 Å². The Morgan fingerprint density at radius 2 is 1.23 bits per heavy atom. The normalized spacial score (nSPS) is 34.3. The Bertz CT molecular complexity index is 694. The molecule has 236 valence electrons. The van der Waals surface area contributed by atoms with Gasteiger partial charge in [-0.2, -0.15) is 0 Å². The minimum absolute atomic E-state index is 0.121. The average Bonchev–Trinajstić information content (AvgIpc) is 3.19. The van der Waals surface area contributed by atoms with Gasteiger partial charge < -0.3 is 54.7 Å². The lowest BCUT2D eigenvalue weighted by Gasteiger charge is -2.43. The van der Waals surface area contributed by atoms with Crippen LogP contribution in [0.2, 0.25) is 0 Å². The lowest BCUT2D eigenvalue weighted by molar-refractivity contribution is -0.383. The molecule has 0 amide bonds. The molecule has 2 rings (SSSR count). The summed E-state index contributed by atoms with van der Waals surface area (Å²) in [5.41, 5.74) is 0. The van der Waals surface area contributed by atoms with E-state index in [1.54, 1.807) is 0 Å². The maximum atomic E-state index is 12.4. The molecule has 7 N–H and O–H groups in total. The van der Waals surface area contributed by atoms with Crippen LogP contribution in [0, 0.1) is 0 Å². The maximum absolute atomic E-state index is 12.4. The van der Waals surface area contributed by atoms with Gasteiger partial charge in [-0.1, -0.05) is 84.0 Å². The van der Waals surface area contributed by atoms with Crippen LogP contribution in [-0.2, 0) is 23.7 Å². The van der Waals surface area contributed by atoms with Crippen LogP contribution in [0.1, 0.15) is 96.8 Å². The van der Waals surface area contributed by atoms with Crippen molar-refractivity contribution < 1.29 is 59.5 Å². The standard InChI is InChI=1S/C28H52O12/c1-2-3-4-5-6-7-8-9-10-11-12-13-14-15-21(31)37-18-28(26(36)23(33)20(17-30)39-28)40-27-25(35)24(34)22(32)19(16-29)38-27/h19-20,22-27,29-30,32-36H,2-18H2,1H3/t19?,20-,22?,23+,24?,25?,26?,27?,28+/m1/s1. The first kappa shape index (κ1) is 35.3. The second-order valence-electron chi connectivity index (χ2n) is 11.1. The van der Waals surface area contributed by atoms with E-state index < -0.39 is 80.6 Å². The molecule has 12 nitrogen and oxygen atoms in total. The fraction of sp³-hybridized carbons (Fsp3) is 0.964. The summed E-state index contributed by atoms with van der Waals surface area (Å²) in [6.07, 6.45) is 2.32. The average molecular weight is 581 g/mol. The number of carbonyl (C=O) groups excluding carboxylic acids is 1. The summed E-state index contributed by atoms with van der Waals surface area (Å²) in [5.74, 6) is -2.83. The number of carbonyl (C=O) groups is 1. The summed E-state index contributed by atoms with van der Waals surface area (Å²) in [5, 5.41) is 70.3. The van der Waals surface area contributed by atoms with Crippen molar-refractivity contribution in [3.05, 3.63) is 0 Å². The number of esters is 1. The largest absolute Gasteiger partial charge is 0.460 e. The van der Waals surface area contributed by atoms with Crippen molar-refractivity contribution in [2.24, 2.45) is 0 Å². The molecule has 0 bridgehead atoms. The van der Waals surface area contributed by atoms with E-state index >= 15 is 0 Å². The molecule has 0 radical (unpaired) electrons. The number of hydrogen-bond acceptors (Lipinski definition) is 12. The van der Waals surface area contributed by atoms with Crippen LogP contribution in [0.5, 0.6) is 0 Å². The highest BCUT2D eigenvalue weighted by atomic mass is 16.8. The topological polar surface area (TPSA) is 196 Å². The lowest BCUT2D eigenvalue weighted by atomic mass is 9.99. The summed E-state index contributed by atoms with van der Waals surface area (Å²) in [4.78, 5) is 12.4. The number of unbranched alkanes of at least 4 members (excludes halogenated alkanes) is 12. The van der Waals surface area contributed by atoms with Gasteiger partial charge in [-0.15, -0.1) is 0 Å². The van der Waals surface area contributed by atoms with Crippen LogP contribution >= 0.6 is 0 Å². The van der Waals surface area contributed by atoms with E-state index in [1.807, 2.05) is 0 Å². The number of aliphatic hydroxyl groups excluding tert-OH is 7. The van der Waals surface area contributed by atoms with E-state index in [4.69, 9.17) is 18.9 Å². The SMILES string of the molecule is CCCCCCCCCCCCCCCC(=O)OC[C@@]1(OC2OC(CO)C(O)C(O)C2O)O[C@H](CO)[C@H](O)C1O. The Hall–Kier alpha value is -0.930. The second kappa shape index (κ2) is 18.6. The number of aliphatic hydroxyl groups is 7. The van der Waals surface area contributed by atoms with Crippen LogP contribution < -0.4 is 0 Å². The Labute approximate surface area is 237 Å². The molecule has 0 aromatic carbocycles. The van der Waals surface area contributed by atoms with E-state index in [1.165, 1.54) is 57.8 Å². The summed E-state index contributed by atoms with van der Waals surface area (Å²) in [7, 11) is 0. The Balaban J connectivity index is 1.76. The molecule has 6 unspecified atom stereocenters. The van der Waals surface area contributed by atoms with Gasteiger partial charge in [0, 0.05) is 6.42 Å². The van der Waals surface area contributed by atoms with E-state index in [0.717, 1.165) is 19.3 Å². The zero-order valence-corrected chi connectivity index (χ0v) is 23.8. The van der Waals surface area contributed by atoms with Crippen LogP contribution in [-0.4, -0.2) is 116 Å². The third-order valence-electron chi connectivity index (χ3n) is 7.77. The first-order valence-electron chi connectivity index (χ1n) is 15.0. The summed E-state index contributed by atoms with van der Waals surface area (Å²) < 4.78 is 21.8. The molecule has 12 heteroatoms. The zero-order chi connectivity index (χ0) is 29.5. The molecule has 9 atom stereocenters. The molecule has 0 aromatic heterocycles. The molecule has 2 fully saturated rings. The van der Waals surface area contributed by atoms with E-state index in [2.05, 4.69) is 6.92 Å². The van der Waals surface area contributed by atoms with E-state index in [-0.39, 0.29) is 6.42 Å². The molecule has 0 saturated carbocycles. The van der Waals surface area contributed by atoms with Crippen molar-refractivity contribution in [3.8, 4) is 0 Å². The highest BCUT2D eigenvalue weighted by molar-refractivity contribution is 5.69. The molecule has 2 aliphatic heterocycles. The van der Waals surface area contributed by atoms with Gasteiger partial charge in [-0.25, -0.2) is 0 Å². The van der Waals surface area contributed by atoms with Gasteiger partial charge in [0.05, 0.1) is 13.2 Å². The van der Waals surface area contributed by atoms with Crippen LogP contribution in [0.15, 0.2) is 0 Å². The Morgan fingerprint density at radius 3 is 1.73 bits per heavy atom. The molecule has 2 aliphatic rings. The summed E-state index contributed by atoms with van der Waals surface area (Å²) >= 11 is 0. The molecular formula is C28H52O12. The van der Waals surface area contributed by atoms with Crippen LogP contribution in [0.25, 0.3) is 0 Å². The second-order valence-corrected chi connectivity index (χ2v) is 11.1. The highest BCUT2D eigenvalue weighted by Crippen LogP contribution is 2.36. The molecule has 0 aliphatic carbocycles. The van der Waals surface area contributed by atoms with Crippen LogP contribution in [0.4, 0.5) is 0 Å². The Kier molecular flexibility index (Phi) is 16.4. The number of rotatable bonds is 20. The molecule has 2 heterocycles. The third-order valence-corrected chi connectivity index (χ3v) is 7.77. The summed E-state index contributed by atoms with van der Waals surface area (Å²) in [6.45, 7) is 0.122. The lowest BCUT2D eigenvalue weighted by Crippen LogP contribution is -2.62. The third kappa shape index (κ3) is 10.4. The molecule has 0 aromatic rings. The molecular weight excluding hydrogens is 528 g/mol. The van der Waals surface area contributed by atoms with Gasteiger partial charge in [0.2, 0.25) is 5.79 Å². The van der Waals surface area contributed by atoms with Crippen LogP contribution in [0.3, 0.4) is 0 Å². The van der Waals surface area contributed by atoms with E-state index in [0.29, 0.717) is 6.42 Å². The van der Waals surface area contributed by atoms with Gasteiger partial charge in [0.1, 0.15) is 49.3 Å². The monoisotopic (exact) mass is 580 g/mol. The van der Waals surface area contributed by atoms with Crippen molar-refractivity contribution in [2.75, 3.05) is 19.8 Å². The molecule has 0 spiro atoms. The van der Waals surface area contributed by atoms with Crippen molar-refractivity contribution >= 4 is 5.97 Å². The molecule has 2 saturated heterocycles. The Morgan fingerprint density at radius 1 is 0.700 bits per heavy atom. The first-order valence-corrected chi connectivity index (χ1v) is 15.0. The maximum Gasteiger partial charge on any atom is 0.305 e. The van der Waals surface area contributed by atoms with Crippen molar-refractivity contribution in [1.29, 1.82) is 0 Å². The van der Waals surface area contributed by atoms with E-state index in [9.17, 15) is 40.5 Å². The van der Waals surface area contributed by atoms with Gasteiger partial charge in [-0.3, -0.25) is 4.79 Å². The number of hydrogen-bond donors (Lipinski definition) is 7. The van der Waals surface area contributed by atoms with Crippen molar-refractivity contribution in [2.45, 2.75) is 152 Å². The quantitative estimate of drug-likeness (QED) is 0.0785. The highest BCUT2D eigenvalue weighted by Gasteiger charge is 2.59. The van der Waals surface area contributed by atoms with Gasteiger partial charge in [-0.05, 0) is 6.42 Å². The van der Waals surface area contributed by atoms with Crippen molar-refractivity contribution in [3.63, 3.8) is 0 Å². The predicted octanol–water partition coefficient (Wildman–Crippen LogP) is 0.637. The minimum atomic E-state index is -2.24. The fourth-order valence-corrected chi connectivity index (χ4v) is 5.16. The fourth-order valence-electron chi connectivity index (χ4n) is 5.16. The minimum Gasteiger partial charge on any atom is -0.460 e. The molecule has 40 heavy (non-hydrogen) atoms.